The van der Waals surface area contributed by atoms with Gasteiger partial charge in [-0.05, 0) is 54.4 Å². The summed E-state index contributed by atoms with van der Waals surface area (Å²) in [5, 5.41) is 11.7. The predicted molar refractivity (Wildman–Crippen MR) is 119 cm³/mol. The molecule has 0 unspecified atom stereocenters. The number of ether oxygens (including phenoxy) is 2. The van der Waals surface area contributed by atoms with Crippen molar-refractivity contribution >= 4 is 17.6 Å². The second-order valence-electron chi connectivity index (χ2n) is 6.89. The van der Waals surface area contributed by atoms with Gasteiger partial charge in [-0.1, -0.05) is 36.4 Å². The van der Waals surface area contributed by atoms with E-state index in [0.29, 0.717) is 36.6 Å². The zero-order valence-electron chi connectivity index (χ0n) is 17.1. The van der Waals surface area contributed by atoms with Gasteiger partial charge in [0.2, 0.25) is 0 Å². The van der Waals surface area contributed by atoms with Gasteiger partial charge < -0.3 is 19.9 Å². The Hall–Kier alpha value is -3.80. The van der Waals surface area contributed by atoms with Crippen molar-refractivity contribution in [3.8, 4) is 11.5 Å². The number of rotatable bonds is 11. The first-order valence-corrected chi connectivity index (χ1v) is 10.1. The fourth-order valence-corrected chi connectivity index (χ4v) is 2.95. The highest BCUT2D eigenvalue weighted by molar-refractivity contribution is 6.04. The minimum absolute atomic E-state index is 0.00923. The normalized spacial score (nSPS) is 10.3. The summed E-state index contributed by atoms with van der Waals surface area (Å²) < 4.78 is 11.3. The van der Waals surface area contributed by atoms with Gasteiger partial charge in [-0.15, -0.1) is 0 Å². The molecule has 0 fully saturated rings. The first-order valence-electron chi connectivity index (χ1n) is 10.1. The van der Waals surface area contributed by atoms with Crippen LogP contribution in [0.15, 0.2) is 78.9 Å². The molecule has 0 aliphatic rings. The van der Waals surface area contributed by atoms with Gasteiger partial charge in [0.25, 0.3) is 5.91 Å². The van der Waals surface area contributed by atoms with E-state index < -0.39 is 5.97 Å². The Kier molecular flexibility index (Phi) is 8.05. The highest BCUT2D eigenvalue weighted by Gasteiger charge is 2.10. The van der Waals surface area contributed by atoms with E-state index in [2.05, 4.69) is 5.32 Å². The number of aryl methyl sites for hydroxylation is 1. The molecule has 0 radical (unpaired) electrons. The molecule has 0 aliphatic heterocycles. The molecule has 3 rings (SSSR count). The molecule has 3 aromatic carbocycles. The molecule has 0 saturated carbocycles. The van der Waals surface area contributed by atoms with Crippen LogP contribution < -0.4 is 14.8 Å². The van der Waals surface area contributed by atoms with E-state index in [4.69, 9.17) is 14.6 Å². The molecule has 1 amide bonds. The number of hydrogen-bond donors (Lipinski definition) is 2. The van der Waals surface area contributed by atoms with Crippen LogP contribution in [0.3, 0.4) is 0 Å². The minimum atomic E-state index is -0.872. The van der Waals surface area contributed by atoms with E-state index in [9.17, 15) is 9.59 Å². The topological polar surface area (TPSA) is 84.9 Å². The standard InChI is InChI=1S/C25H25NO5/c27-24(28)16-13-19-7-4-5-10-23(19)26-25(29)20-11-14-22(15-12-20)31-18-6-17-30-21-8-2-1-3-9-21/h1-5,7-12,14-15H,6,13,16-18H2,(H,26,29)(H,27,28). The molecule has 0 spiro atoms. The summed E-state index contributed by atoms with van der Waals surface area (Å²) in [7, 11) is 0. The maximum Gasteiger partial charge on any atom is 0.303 e. The monoisotopic (exact) mass is 419 g/mol. The summed E-state index contributed by atoms with van der Waals surface area (Å²) in [4.78, 5) is 23.4. The average Bonchev–Trinajstić information content (AvgIpc) is 2.79. The van der Waals surface area contributed by atoms with E-state index in [-0.39, 0.29) is 12.3 Å². The molecule has 2 N–H and O–H groups in total. The largest absolute Gasteiger partial charge is 0.493 e. The van der Waals surface area contributed by atoms with Crippen molar-refractivity contribution in [1.29, 1.82) is 0 Å². The molecule has 0 aromatic heterocycles. The number of para-hydroxylation sites is 2. The van der Waals surface area contributed by atoms with Crippen LogP contribution in [-0.4, -0.2) is 30.2 Å². The van der Waals surface area contributed by atoms with Crippen LogP contribution in [0.2, 0.25) is 0 Å². The van der Waals surface area contributed by atoms with Crippen molar-refractivity contribution < 1.29 is 24.2 Å². The van der Waals surface area contributed by atoms with E-state index in [1.807, 2.05) is 42.5 Å². The molecule has 31 heavy (non-hydrogen) atoms. The molecule has 6 heteroatoms. The second kappa shape index (κ2) is 11.4. The van der Waals surface area contributed by atoms with Crippen molar-refractivity contribution in [2.45, 2.75) is 19.3 Å². The number of benzene rings is 3. The summed E-state index contributed by atoms with van der Waals surface area (Å²) in [6.07, 6.45) is 1.10. The predicted octanol–water partition coefficient (Wildman–Crippen LogP) is 4.80. The van der Waals surface area contributed by atoms with Crippen molar-refractivity contribution in [2.24, 2.45) is 0 Å². The Bertz CT molecular complexity index is 986. The number of carbonyl (C=O) groups excluding carboxylic acids is 1. The molecule has 0 saturated heterocycles. The van der Waals surface area contributed by atoms with Crippen molar-refractivity contribution in [3.05, 3.63) is 90.0 Å². The van der Waals surface area contributed by atoms with Gasteiger partial charge in [0.15, 0.2) is 0 Å². The maximum absolute atomic E-state index is 12.6. The molecule has 3 aromatic rings. The summed E-state index contributed by atoms with van der Waals surface area (Å²) >= 11 is 0. The van der Waals surface area contributed by atoms with Crippen LogP contribution in [0.4, 0.5) is 5.69 Å². The van der Waals surface area contributed by atoms with Gasteiger partial charge in [0.1, 0.15) is 11.5 Å². The van der Waals surface area contributed by atoms with Crippen LogP contribution in [0, 0.1) is 0 Å². The van der Waals surface area contributed by atoms with E-state index in [1.54, 1.807) is 36.4 Å². The van der Waals surface area contributed by atoms with Crippen LogP contribution in [0.5, 0.6) is 11.5 Å². The number of nitrogens with one attached hydrogen (secondary N) is 1. The lowest BCUT2D eigenvalue weighted by Crippen LogP contribution is -2.13. The lowest BCUT2D eigenvalue weighted by Gasteiger charge is -2.11. The number of anilines is 1. The summed E-state index contributed by atoms with van der Waals surface area (Å²) in [6.45, 7) is 1.07. The highest BCUT2D eigenvalue weighted by atomic mass is 16.5. The van der Waals surface area contributed by atoms with Gasteiger partial charge in [0, 0.05) is 24.1 Å². The molecule has 160 valence electrons. The van der Waals surface area contributed by atoms with E-state index in [1.165, 1.54) is 0 Å². The van der Waals surface area contributed by atoms with E-state index >= 15 is 0 Å². The number of aliphatic carboxylic acids is 1. The molecular formula is C25H25NO5. The second-order valence-corrected chi connectivity index (χ2v) is 6.89. The first kappa shape index (κ1) is 21.9. The third-order valence-electron chi connectivity index (χ3n) is 4.56. The van der Waals surface area contributed by atoms with Crippen molar-refractivity contribution in [3.63, 3.8) is 0 Å². The Balaban J connectivity index is 1.46. The summed E-state index contributed by atoms with van der Waals surface area (Å²) in [6, 6.07) is 23.7. The average molecular weight is 419 g/mol. The lowest BCUT2D eigenvalue weighted by atomic mass is 10.1. The van der Waals surface area contributed by atoms with Gasteiger partial charge in [-0.2, -0.15) is 0 Å². The third kappa shape index (κ3) is 7.19. The molecule has 6 nitrogen and oxygen atoms in total. The van der Waals surface area contributed by atoms with Crippen LogP contribution in [0.1, 0.15) is 28.8 Å². The van der Waals surface area contributed by atoms with Gasteiger partial charge >= 0.3 is 5.97 Å². The molecular weight excluding hydrogens is 394 g/mol. The SMILES string of the molecule is O=C(O)CCc1ccccc1NC(=O)c1ccc(OCCCOc2ccccc2)cc1. The smallest absolute Gasteiger partial charge is 0.303 e. The van der Waals surface area contributed by atoms with Crippen LogP contribution in [-0.2, 0) is 11.2 Å². The summed E-state index contributed by atoms with van der Waals surface area (Å²) in [5.41, 5.74) is 1.90. The number of carboxylic acids is 1. The Morgan fingerprint density at radius 2 is 1.39 bits per heavy atom. The number of amides is 1. The van der Waals surface area contributed by atoms with Gasteiger partial charge in [-0.25, -0.2) is 0 Å². The quantitative estimate of drug-likeness (QED) is 0.436. The number of carbonyl (C=O) groups is 2. The molecule has 0 aliphatic carbocycles. The van der Waals surface area contributed by atoms with Crippen LogP contribution in [0.25, 0.3) is 0 Å². The van der Waals surface area contributed by atoms with Gasteiger partial charge in [0.05, 0.1) is 13.2 Å². The van der Waals surface area contributed by atoms with E-state index in [0.717, 1.165) is 17.7 Å². The third-order valence-corrected chi connectivity index (χ3v) is 4.56. The van der Waals surface area contributed by atoms with Crippen molar-refractivity contribution in [1.82, 2.24) is 0 Å². The Morgan fingerprint density at radius 3 is 2.06 bits per heavy atom. The van der Waals surface area contributed by atoms with Gasteiger partial charge in [-0.3, -0.25) is 9.59 Å². The Labute approximate surface area is 181 Å². The molecule has 0 bridgehead atoms. The zero-order chi connectivity index (χ0) is 21.9. The molecule has 0 heterocycles. The maximum atomic E-state index is 12.6. The highest BCUT2D eigenvalue weighted by Crippen LogP contribution is 2.19. The molecule has 0 atom stereocenters. The fraction of sp³-hybridized carbons (Fsp3) is 0.200. The zero-order valence-corrected chi connectivity index (χ0v) is 17.1. The summed E-state index contributed by atoms with van der Waals surface area (Å²) in [5.74, 6) is 0.384. The number of carboxylic acid groups (broad SMARTS) is 1. The van der Waals surface area contributed by atoms with Crippen LogP contribution >= 0.6 is 0 Å². The fourth-order valence-electron chi connectivity index (χ4n) is 2.95. The first-order chi connectivity index (χ1) is 15.1. The lowest BCUT2D eigenvalue weighted by molar-refractivity contribution is -0.136. The minimum Gasteiger partial charge on any atom is -0.493 e. The Morgan fingerprint density at radius 1 is 0.774 bits per heavy atom. The number of hydrogen-bond acceptors (Lipinski definition) is 4. The van der Waals surface area contributed by atoms with Crippen molar-refractivity contribution in [2.75, 3.05) is 18.5 Å².